The Balaban J connectivity index is 1.48. The van der Waals surface area contributed by atoms with Crippen molar-refractivity contribution in [3.63, 3.8) is 0 Å². The Labute approximate surface area is 179 Å². The van der Waals surface area contributed by atoms with Gasteiger partial charge >= 0.3 is 0 Å². The van der Waals surface area contributed by atoms with Crippen LogP contribution in [0.4, 0.5) is 11.4 Å². The molecule has 0 spiro atoms. The van der Waals surface area contributed by atoms with Gasteiger partial charge in [-0.05, 0) is 28.8 Å². The van der Waals surface area contributed by atoms with Gasteiger partial charge in [-0.2, -0.15) is 0 Å². The lowest BCUT2D eigenvalue weighted by molar-refractivity contribution is -0.384. The number of aliphatic imine (C=N–C) groups is 1. The van der Waals surface area contributed by atoms with Gasteiger partial charge in [0.25, 0.3) is 5.69 Å². The summed E-state index contributed by atoms with van der Waals surface area (Å²) in [5.74, 6) is -0.109. The second kappa shape index (κ2) is 7.45. The molecule has 154 valence electrons. The Kier molecular flexibility index (Phi) is 4.60. The Bertz CT molecular complexity index is 1170. The monoisotopic (exact) mass is 412 g/mol. The number of carbonyl (C=O) groups excluding carboxylic acids is 1. The van der Waals surface area contributed by atoms with Gasteiger partial charge < -0.3 is 5.32 Å². The SMILES string of the molecule is CC(=O)Nc1ccc([C@@H]2N=C(c3ccccc3)[C@@H]3[C@H](c4ccc([N+](=O)[O-])cc4)N32)cc1. The van der Waals surface area contributed by atoms with Crippen LogP contribution in [-0.2, 0) is 4.79 Å². The summed E-state index contributed by atoms with van der Waals surface area (Å²) in [6.45, 7) is 1.48. The van der Waals surface area contributed by atoms with Gasteiger partial charge in [0.2, 0.25) is 5.91 Å². The van der Waals surface area contributed by atoms with E-state index in [4.69, 9.17) is 4.99 Å². The van der Waals surface area contributed by atoms with Crippen LogP contribution in [0.25, 0.3) is 0 Å². The van der Waals surface area contributed by atoms with Gasteiger partial charge in [-0.15, -0.1) is 0 Å². The molecule has 4 atom stereocenters. The summed E-state index contributed by atoms with van der Waals surface area (Å²) in [4.78, 5) is 29.3. The van der Waals surface area contributed by atoms with Gasteiger partial charge in [-0.1, -0.05) is 54.6 Å². The summed E-state index contributed by atoms with van der Waals surface area (Å²) >= 11 is 0. The molecule has 3 aromatic carbocycles. The van der Waals surface area contributed by atoms with E-state index in [0.717, 1.165) is 28.1 Å². The summed E-state index contributed by atoms with van der Waals surface area (Å²) in [7, 11) is 0. The van der Waals surface area contributed by atoms with Gasteiger partial charge in [0.1, 0.15) is 6.17 Å². The molecular weight excluding hydrogens is 392 g/mol. The topological polar surface area (TPSA) is 87.6 Å². The largest absolute Gasteiger partial charge is 0.326 e. The zero-order chi connectivity index (χ0) is 21.5. The van der Waals surface area contributed by atoms with Crippen molar-refractivity contribution < 1.29 is 9.72 Å². The molecule has 0 aliphatic carbocycles. The number of amides is 1. The van der Waals surface area contributed by atoms with Crippen LogP contribution in [-0.4, -0.2) is 27.5 Å². The van der Waals surface area contributed by atoms with Gasteiger partial charge in [0.15, 0.2) is 0 Å². The molecule has 1 saturated heterocycles. The van der Waals surface area contributed by atoms with Gasteiger partial charge in [0, 0.05) is 24.7 Å². The van der Waals surface area contributed by atoms with Crippen LogP contribution in [0, 0.1) is 10.1 Å². The average molecular weight is 412 g/mol. The Morgan fingerprint density at radius 3 is 2.19 bits per heavy atom. The highest BCUT2D eigenvalue weighted by atomic mass is 16.6. The molecule has 0 bridgehead atoms. The van der Waals surface area contributed by atoms with Crippen molar-refractivity contribution in [1.82, 2.24) is 4.90 Å². The Morgan fingerprint density at radius 2 is 1.58 bits per heavy atom. The van der Waals surface area contributed by atoms with E-state index >= 15 is 0 Å². The highest BCUT2D eigenvalue weighted by Gasteiger charge is 2.59. The number of nitro groups is 1. The van der Waals surface area contributed by atoms with Crippen LogP contribution in [0.15, 0.2) is 83.9 Å². The second-order valence-electron chi connectivity index (χ2n) is 7.74. The van der Waals surface area contributed by atoms with E-state index in [0.29, 0.717) is 0 Å². The fourth-order valence-corrected chi connectivity index (χ4v) is 4.31. The highest BCUT2D eigenvalue weighted by Crippen LogP contribution is 2.55. The molecule has 0 saturated carbocycles. The molecule has 1 amide bonds. The Hall–Kier alpha value is -3.84. The van der Waals surface area contributed by atoms with Crippen LogP contribution in [0.2, 0.25) is 0 Å². The van der Waals surface area contributed by atoms with E-state index in [1.807, 2.05) is 54.6 Å². The van der Waals surface area contributed by atoms with Crippen molar-refractivity contribution in [2.45, 2.75) is 25.2 Å². The minimum absolute atomic E-state index is 0.0895. The first-order chi connectivity index (χ1) is 15.0. The van der Waals surface area contributed by atoms with E-state index in [9.17, 15) is 14.9 Å². The molecule has 7 nitrogen and oxygen atoms in total. The average Bonchev–Trinajstić information content (AvgIpc) is 3.38. The standard InChI is InChI=1S/C24H20N4O3/c1-15(29)25-19-11-7-18(8-12-19)24-26-21(16-5-3-2-4-6-16)23-22(27(23)24)17-9-13-20(14-10-17)28(30)31/h2-14,22-24H,1H3,(H,25,29)/t22-,23+,24+,27?/m0/s1. The first-order valence-corrected chi connectivity index (χ1v) is 10.1. The minimum Gasteiger partial charge on any atom is -0.326 e. The number of hydrogen-bond donors (Lipinski definition) is 1. The molecule has 1 unspecified atom stereocenters. The van der Waals surface area contributed by atoms with Crippen LogP contribution >= 0.6 is 0 Å². The maximum absolute atomic E-state index is 11.3. The molecule has 2 aliphatic rings. The van der Waals surface area contributed by atoms with Gasteiger partial charge in [-0.3, -0.25) is 24.8 Å². The normalized spacial score (nSPS) is 23.6. The predicted molar refractivity (Wildman–Crippen MR) is 118 cm³/mol. The number of benzene rings is 3. The summed E-state index contributed by atoms with van der Waals surface area (Å²) in [5.41, 5.74) is 5.02. The molecule has 0 radical (unpaired) electrons. The fraction of sp³-hybridized carbons (Fsp3) is 0.167. The van der Waals surface area contributed by atoms with Crippen molar-refractivity contribution in [1.29, 1.82) is 0 Å². The lowest BCUT2D eigenvalue weighted by Gasteiger charge is -2.15. The molecular formula is C24H20N4O3. The van der Waals surface area contributed by atoms with Crippen molar-refractivity contribution in [3.8, 4) is 0 Å². The molecule has 0 aromatic heterocycles. The van der Waals surface area contributed by atoms with Gasteiger partial charge in [0.05, 0.1) is 22.7 Å². The Morgan fingerprint density at radius 1 is 0.935 bits per heavy atom. The third-order valence-corrected chi connectivity index (χ3v) is 5.72. The second-order valence-corrected chi connectivity index (χ2v) is 7.74. The number of anilines is 1. The number of fused-ring (bicyclic) bond motifs is 1. The van der Waals surface area contributed by atoms with Crippen molar-refractivity contribution in [2.24, 2.45) is 4.99 Å². The summed E-state index contributed by atoms with van der Waals surface area (Å²) in [6, 6.07) is 24.9. The molecule has 7 heteroatoms. The quantitative estimate of drug-likeness (QED) is 0.380. The number of carbonyl (C=O) groups is 1. The molecule has 1 N–H and O–H groups in total. The first kappa shape index (κ1) is 19.1. The summed E-state index contributed by atoms with van der Waals surface area (Å²) < 4.78 is 0. The van der Waals surface area contributed by atoms with Crippen LogP contribution < -0.4 is 5.32 Å². The van der Waals surface area contributed by atoms with E-state index in [2.05, 4.69) is 22.3 Å². The van der Waals surface area contributed by atoms with E-state index in [1.165, 1.54) is 6.92 Å². The van der Waals surface area contributed by atoms with Crippen LogP contribution in [0.3, 0.4) is 0 Å². The first-order valence-electron chi connectivity index (χ1n) is 10.1. The van der Waals surface area contributed by atoms with E-state index in [1.54, 1.807) is 12.1 Å². The molecule has 1 fully saturated rings. The number of nitrogens with zero attached hydrogens (tertiary/aromatic N) is 3. The number of hydrogen-bond acceptors (Lipinski definition) is 5. The molecule has 31 heavy (non-hydrogen) atoms. The zero-order valence-electron chi connectivity index (χ0n) is 16.8. The summed E-state index contributed by atoms with van der Waals surface area (Å²) in [5, 5.41) is 13.8. The minimum atomic E-state index is -0.381. The van der Waals surface area contributed by atoms with Crippen molar-refractivity contribution in [3.05, 3.63) is 106 Å². The maximum Gasteiger partial charge on any atom is 0.269 e. The number of nitrogens with one attached hydrogen (secondary N) is 1. The van der Waals surface area contributed by atoms with Gasteiger partial charge in [-0.25, -0.2) is 0 Å². The molecule has 2 aliphatic heterocycles. The molecule has 2 heterocycles. The van der Waals surface area contributed by atoms with Crippen molar-refractivity contribution >= 4 is 23.0 Å². The molecule has 5 rings (SSSR count). The van der Waals surface area contributed by atoms with Crippen LogP contribution in [0.5, 0.6) is 0 Å². The highest BCUT2D eigenvalue weighted by molar-refractivity contribution is 6.08. The van der Waals surface area contributed by atoms with E-state index in [-0.39, 0.29) is 34.8 Å². The third kappa shape index (κ3) is 3.49. The molecule has 3 aromatic rings. The van der Waals surface area contributed by atoms with Crippen molar-refractivity contribution in [2.75, 3.05) is 5.32 Å². The number of non-ortho nitro benzene ring substituents is 1. The number of nitro benzene ring substituents is 1. The fourth-order valence-electron chi connectivity index (χ4n) is 4.31. The smallest absolute Gasteiger partial charge is 0.269 e. The third-order valence-electron chi connectivity index (χ3n) is 5.72. The number of rotatable bonds is 5. The zero-order valence-corrected chi connectivity index (χ0v) is 16.8. The summed E-state index contributed by atoms with van der Waals surface area (Å²) in [6.07, 6.45) is -0.147. The van der Waals surface area contributed by atoms with Crippen LogP contribution in [0.1, 0.15) is 35.8 Å². The maximum atomic E-state index is 11.3. The lowest BCUT2D eigenvalue weighted by Crippen LogP contribution is -2.09. The van der Waals surface area contributed by atoms with E-state index < -0.39 is 0 Å². The predicted octanol–water partition coefficient (Wildman–Crippen LogP) is 4.48. The lowest BCUT2D eigenvalue weighted by atomic mass is 10.0.